The van der Waals surface area contributed by atoms with Crippen molar-refractivity contribution in [2.24, 2.45) is 5.92 Å². The van der Waals surface area contributed by atoms with E-state index in [1.165, 1.54) is 0 Å². The minimum atomic E-state index is -0.309. The maximum atomic E-state index is 12.2. The van der Waals surface area contributed by atoms with Gasteiger partial charge in [0, 0.05) is 18.5 Å². The van der Waals surface area contributed by atoms with Gasteiger partial charge in [-0.3, -0.25) is 0 Å². The summed E-state index contributed by atoms with van der Waals surface area (Å²) >= 11 is 0. The van der Waals surface area contributed by atoms with Gasteiger partial charge in [0.05, 0.1) is 0 Å². The Bertz CT molecular complexity index is 446. The number of benzene rings is 1. The van der Waals surface area contributed by atoms with Gasteiger partial charge in [0.25, 0.3) is 0 Å². The van der Waals surface area contributed by atoms with Gasteiger partial charge in [-0.05, 0) is 24.8 Å². The fourth-order valence-corrected chi connectivity index (χ4v) is 2.73. The Morgan fingerprint density at radius 1 is 1.45 bits per heavy atom. The molecule has 0 bridgehead atoms. The van der Waals surface area contributed by atoms with E-state index in [2.05, 4.69) is 0 Å². The van der Waals surface area contributed by atoms with Crippen molar-refractivity contribution in [3.05, 3.63) is 35.9 Å². The minimum Gasteiger partial charge on any atom is -0.445 e. The summed E-state index contributed by atoms with van der Waals surface area (Å²) in [5, 5.41) is 0. The van der Waals surface area contributed by atoms with Crippen LogP contribution >= 0.6 is 0 Å². The number of hydrogen-bond donors (Lipinski definition) is 0. The summed E-state index contributed by atoms with van der Waals surface area (Å²) in [4.78, 5) is 25.0. The van der Waals surface area contributed by atoms with Gasteiger partial charge in [0.2, 0.25) is 0 Å². The molecular formula is C16H21NO3. The van der Waals surface area contributed by atoms with Crippen LogP contribution in [0.5, 0.6) is 0 Å². The Morgan fingerprint density at radius 3 is 2.85 bits per heavy atom. The van der Waals surface area contributed by atoms with Crippen LogP contribution in [-0.2, 0) is 16.1 Å². The van der Waals surface area contributed by atoms with Crippen LogP contribution in [0.4, 0.5) is 4.79 Å². The number of ether oxygens (including phenoxy) is 1. The molecule has 108 valence electrons. The average Bonchev–Trinajstić information content (AvgIpc) is 2.97. The first-order valence-corrected chi connectivity index (χ1v) is 7.19. The topological polar surface area (TPSA) is 46.6 Å². The third-order valence-electron chi connectivity index (χ3n) is 3.88. The van der Waals surface area contributed by atoms with Crippen LogP contribution in [-0.4, -0.2) is 29.9 Å². The number of aldehydes is 1. The van der Waals surface area contributed by atoms with Crippen LogP contribution in [0.3, 0.4) is 0 Å². The van der Waals surface area contributed by atoms with Gasteiger partial charge in [-0.2, -0.15) is 0 Å². The molecule has 2 atom stereocenters. The quantitative estimate of drug-likeness (QED) is 0.776. The molecule has 1 aliphatic rings. The van der Waals surface area contributed by atoms with E-state index in [9.17, 15) is 9.59 Å². The second-order valence-corrected chi connectivity index (χ2v) is 5.15. The number of nitrogens with zero attached hydrogens (tertiary/aromatic N) is 1. The van der Waals surface area contributed by atoms with E-state index in [0.717, 1.165) is 31.1 Å². The average molecular weight is 275 g/mol. The number of amides is 1. The largest absolute Gasteiger partial charge is 0.445 e. The van der Waals surface area contributed by atoms with E-state index >= 15 is 0 Å². The number of carbonyl (C=O) groups excluding carboxylic acids is 2. The van der Waals surface area contributed by atoms with Gasteiger partial charge in [-0.25, -0.2) is 4.79 Å². The molecule has 1 aromatic carbocycles. The van der Waals surface area contributed by atoms with Crippen molar-refractivity contribution in [1.82, 2.24) is 4.90 Å². The smallest absolute Gasteiger partial charge is 0.410 e. The predicted molar refractivity (Wildman–Crippen MR) is 76.2 cm³/mol. The summed E-state index contributed by atoms with van der Waals surface area (Å²) < 4.78 is 5.35. The van der Waals surface area contributed by atoms with Crippen molar-refractivity contribution in [3.63, 3.8) is 0 Å². The molecule has 2 rings (SSSR count). The molecule has 4 heteroatoms. The monoisotopic (exact) mass is 275 g/mol. The lowest BCUT2D eigenvalue weighted by Gasteiger charge is -2.27. The van der Waals surface area contributed by atoms with Crippen molar-refractivity contribution in [2.75, 3.05) is 6.54 Å². The van der Waals surface area contributed by atoms with E-state index in [-0.39, 0.29) is 24.7 Å². The lowest BCUT2D eigenvalue weighted by Crippen LogP contribution is -2.40. The van der Waals surface area contributed by atoms with Crippen LogP contribution in [0.15, 0.2) is 30.3 Å². The number of hydrogen-bond acceptors (Lipinski definition) is 3. The maximum absolute atomic E-state index is 12.2. The standard InChI is InChI=1S/C16H21NO3/c1-2-14(11-18)15-9-6-10-17(15)16(19)20-12-13-7-4-3-5-8-13/h3-5,7-8,11,14-15H,2,6,9-10,12H2,1H3/t14-,15+/m0/s1. The highest BCUT2D eigenvalue weighted by molar-refractivity contribution is 5.69. The molecule has 1 amide bonds. The van der Waals surface area contributed by atoms with Crippen LogP contribution in [0.2, 0.25) is 0 Å². The second-order valence-electron chi connectivity index (χ2n) is 5.15. The Balaban J connectivity index is 1.92. The Morgan fingerprint density at radius 2 is 2.20 bits per heavy atom. The Hall–Kier alpha value is -1.84. The highest BCUT2D eigenvalue weighted by Gasteiger charge is 2.34. The molecular weight excluding hydrogens is 254 g/mol. The first-order chi connectivity index (χ1) is 9.76. The Labute approximate surface area is 119 Å². The number of rotatable bonds is 5. The molecule has 0 N–H and O–H groups in total. The summed E-state index contributed by atoms with van der Waals surface area (Å²) in [6.07, 6.45) is 3.24. The molecule has 0 saturated carbocycles. The summed E-state index contributed by atoms with van der Waals surface area (Å²) in [7, 11) is 0. The van der Waals surface area contributed by atoms with E-state index in [0.29, 0.717) is 6.54 Å². The lowest BCUT2D eigenvalue weighted by molar-refractivity contribution is -0.112. The molecule has 0 aromatic heterocycles. The predicted octanol–water partition coefficient (Wildman–Crippen LogP) is 3.01. The van der Waals surface area contributed by atoms with Gasteiger partial charge in [-0.1, -0.05) is 37.3 Å². The van der Waals surface area contributed by atoms with Gasteiger partial charge in [-0.15, -0.1) is 0 Å². The van der Waals surface area contributed by atoms with Gasteiger partial charge >= 0.3 is 6.09 Å². The zero-order chi connectivity index (χ0) is 14.4. The van der Waals surface area contributed by atoms with E-state index < -0.39 is 0 Å². The van der Waals surface area contributed by atoms with Crippen molar-refractivity contribution in [2.45, 2.75) is 38.8 Å². The minimum absolute atomic E-state index is 0.000716. The molecule has 1 saturated heterocycles. The summed E-state index contributed by atoms with van der Waals surface area (Å²) in [5.41, 5.74) is 0.971. The first-order valence-electron chi connectivity index (χ1n) is 7.19. The molecule has 0 spiro atoms. The van der Waals surface area contributed by atoms with E-state index in [1.54, 1.807) is 4.90 Å². The Kier molecular flexibility index (Phi) is 5.16. The van der Waals surface area contributed by atoms with Crippen molar-refractivity contribution in [1.29, 1.82) is 0 Å². The van der Waals surface area contributed by atoms with Crippen LogP contribution in [0.1, 0.15) is 31.7 Å². The SMILES string of the molecule is CC[C@@H](C=O)[C@H]1CCCN1C(=O)OCc1ccccc1. The van der Waals surface area contributed by atoms with E-state index in [1.807, 2.05) is 37.3 Å². The van der Waals surface area contributed by atoms with Gasteiger partial charge in [0.15, 0.2) is 0 Å². The second kappa shape index (κ2) is 7.08. The fraction of sp³-hybridized carbons (Fsp3) is 0.500. The number of likely N-dealkylation sites (tertiary alicyclic amines) is 1. The summed E-state index contributed by atoms with van der Waals surface area (Å²) in [6.45, 7) is 2.94. The lowest BCUT2D eigenvalue weighted by atomic mass is 9.97. The molecule has 4 nitrogen and oxygen atoms in total. The molecule has 20 heavy (non-hydrogen) atoms. The fourth-order valence-electron chi connectivity index (χ4n) is 2.73. The van der Waals surface area contributed by atoms with Crippen molar-refractivity contribution >= 4 is 12.4 Å². The number of carbonyl (C=O) groups is 2. The normalized spacial score (nSPS) is 19.6. The van der Waals surface area contributed by atoms with Gasteiger partial charge in [0.1, 0.15) is 12.9 Å². The molecule has 1 aromatic rings. The van der Waals surface area contributed by atoms with Crippen LogP contribution in [0.25, 0.3) is 0 Å². The first kappa shape index (κ1) is 14.6. The maximum Gasteiger partial charge on any atom is 0.410 e. The third-order valence-corrected chi connectivity index (χ3v) is 3.88. The highest BCUT2D eigenvalue weighted by atomic mass is 16.6. The van der Waals surface area contributed by atoms with E-state index in [4.69, 9.17) is 4.74 Å². The zero-order valence-corrected chi connectivity index (χ0v) is 11.8. The highest BCUT2D eigenvalue weighted by Crippen LogP contribution is 2.25. The van der Waals surface area contributed by atoms with Crippen LogP contribution in [0, 0.1) is 5.92 Å². The van der Waals surface area contributed by atoms with Crippen molar-refractivity contribution < 1.29 is 14.3 Å². The molecule has 1 heterocycles. The van der Waals surface area contributed by atoms with Crippen LogP contribution < -0.4 is 0 Å². The summed E-state index contributed by atoms with van der Waals surface area (Å²) in [6, 6.07) is 9.62. The molecule has 1 aliphatic heterocycles. The van der Waals surface area contributed by atoms with Gasteiger partial charge < -0.3 is 14.4 Å². The third kappa shape index (κ3) is 3.38. The zero-order valence-electron chi connectivity index (χ0n) is 11.8. The van der Waals surface area contributed by atoms with Crippen molar-refractivity contribution in [3.8, 4) is 0 Å². The molecule has 1 fully saturated rings. The molecule has 0 aliphatic carbocycles. The summed E-state index contributed by atoms with van der Waals surface area (Å²) in [5.74, 6) is -0.0817. The molecule has 0 radical (unpaired) electrons. The molecule has 0 unspecified atom stereocenters.